The van der Waals surface area contributed by atoms with Crippen molar-refractivity contribution >= 4 is 11.6 Å². The first-order valence-electron chi connectivity index (χ1n) is 6.41. The number of carbonyl (C=O) groups is 1. The third-order valence-electron chi connectivity index (χ3n) is 3.02. The van der Waals surface area contributed by atoms with Gasteiger partial charge in [0.1, 0.15) is 0 Å². The smallest absolute Gasteiger partial charge is 0.251 e. The maximum Gasteiger partial charge on any atom is 0.251 e. The molecular formula is C13H25N3O. The number of hydrogen-bond donors (Lipinski definition) is 1. The lowest BCUT2D eigenvalue weighted by molar-refractivity contribution is -0.133. The lowest BCUT2D eigenvalue weighted by Gasteiger charge is -2.22. The fraction of sp³-hybridized carbons (Fsp3) is 0.846. The Balaban J connectivity index is 2.95. The Labute approximate surface area is 104 Å². The van der Waals surface area contributed by atoms with E-state index in [2.05, 4.69) is 25.9 Å². The van der Waals surface area contributed by atoms with E-state index >= 15 is 0 Å². The van der Waals surface area contributed by atoms with Crippen LogP contribution in [0.1, 0.15) is 47.5 Å². The Kier molecular flexibility index (Phi) is 4.31. The summed E-state index contributed by atoms with van der Waals surface area (Å²) in [6.45, 7) is 10.9. The third kappa shape index (κ3) is 3.06. The van der Waals surface area contributed by atoms with Crippen molar-refractivity contribution in [2.45, 2.75) is 53.5 Å². The van der Waals surface area contributed by atoms with Gasteiger partial charge >= 0.3 is 0 Å². The fourth-order valence-electron chi connectivity index (χ4n) is 2.14. The molecule has 1 atom stereocenters. The van der Waals surface area contributed by atoms with Crippen molar-refractivity contribution in [1.29, 1.82) is 0 Å². The van der Waals surface area contributed by atoms with Crippen LogP contribution in [0.2, 0.25) is 0 Å². The molecule has 0 aromatic heterocycles. The van der Waals surface area contributed by atoms with Gasteiger partial charge in [0.05, 0.1) is 11.6 Å². The van der Waals surface area contributed by atoms with E-state index in [1.54, 1.807) is 5.01 Å². The second kappa shape index (κ2) is 5.17. The van der Waals surface area contributed by atoms with Gasteiger partial charge in [-0.05, 0) is 33.2 Å². The number of nitrogens with zero attached hydrogens (tertiary/aromatic N) is 2. The summed E-state index contributed by atoms with van der Waals surface area (Å²) in [4.78, 5) is 12.3. The molecule has 1 aliphatic rings. The second-order valence-electron chi connectivity index (χ2n) is 6.00. The van der Waals surface area contributed by atoms with Crippen LogP contribution >= 0.6 is 0 Å². The van der Waals surface area contributed by atoms with Crippen molar-refractivity contribution < 1.29 is 4.79 Å². The summed E-state index contributed by atoms with van der Waals surface area (Å²) in [5.41, 5.74) is 6.48. The normalized spacial score (nSPS) is 21.4. The van der Waals surface area contributed by atoms with Crippen LogP contribution in [0.4, 0.5) is 0 Å². The highest BCUT2D eigenvalue weighted by atomic mass is 16.2. The van der Waals surface area contributed by atoms with Crippen molar-refractivity contribution in [2.75, 3.05) is 6.54 Å². The van der Waals surface area contributed by atoms with Crippen molar-refractivity contribution in [3.8, 4) is 0 Å². The Morgan fingerprint density at radius 1 is 1.41 bits per heavy atom. The SMILES string of the molecule is CC(C)N1N=C(C(C)(C)C)C(CCCN)C1=O. The zero-order valence-corrected chi connectivity index (χ0v) is 11.7. The fourth-order valence-corrected chi connectivity index (χ4v) is 2.14. The van der Waals surface area contributed by atoms with E-state index in [0.717, 1.165) is 18.6 Å². The molecule has 0 saturated heterocycles. The molecular weight excluding hydrogens is 214 g/mol. The molecule has 1 rings (SSSR count). The van der Waals surface area contributed by atoms with Crippen molar-refractivity contribution in [1.82, 2.24) is 5.01 Å². The highest BCUT2D eigenvalue weighted by Gasteiger charge is 2.41. The number of hydrazone groups is 1. The largest absolute Gasteiger partial charge is 0.330 e. The van der Waals surface area contributed by atoms with Crippen molar-refractivity contribution in [3.63, 3.8) is 0 Å². The molecule has 4 nitrogen and oxygen atoms in total. The van der Waals surface area contributed by atoms with Crippen LogP contribution in [-0.4, -0.2) is 29.2 Å². The predicted molar refractivity (Wildman–Crippen MR) is 70.7 cm³/mol. The van der Waals surface area contributed by atoms with Crippen LogP contribution in [0.5, 0.6) is 0 Å². The van der Waals surface area contributed by atoms with Crippen LogP contribution < -0.4 is 5.73 Å². The minimum absolute atomic E-state index is 0.0570. The molecule has 0 spiro atoms. The first-order valence-corrected chi connectivity index (χ1v) is 6.41. The maximum atomic E-state index is 12.3. The number of nitrogens with two attached hydrogens (primary N) is 1. The molecule has 0 saturated carbocycles. The van der Waals surface area contributed by atoms with Gasteiger partial charge in [-0.3, -0.25) is 4.79 Å². The van der Waals surface area contributed by atoms with Crippen LogP contribution in [0.25, 0.3) is 0 Å². The first-order chi connectivity index (χ1) is 7.79. The minimum atomic E-state index is -0.0686. The van der Waals surface area contributed by atoms with E-state index in [1.807, 2.05) is 13.8 Å². The van der Waals surface area contributed by atoms with Gasteiger partial charge in [-0.25, -0.2) is 5.01 Å². The molecule has 0 aromatic rings. The number of amides is 1. The highest BCUT2D eigenvalue weighted by Crippen LogP contribution is 2.32. The molecule has 1 unspecified atom stereocenters. The van der Waals surface area contributed by atoms with Crippen LogP contribution in [0.15, 0.2) is 5.10 Å². The third-order valence-corrected chi connectivity index (χ3v) is 3.02. The van der Waals surface area contributed by atoms with E-state index in [1.165, 1.54) is 0 Å². The van der Waals surface area contributed by atoms with E-state index in [9.17, 15) is 4.79 Å². The van der Waals surface area contributed by atoms with Gasteiger partial charge in [-0.15, -0.1) is 0 Å². The molecule has 0 radical (unpaired) electrons. The monoisotopic (exact) mass is 239 g/mol. The zero-order chi connectivity index (χ0) is 13.2. The summed E-state index contributed by atoms with van der Waals surface area (Å²) in [6.07, 6.45) is 1.69. The van der Waals surface area contributed by atoms with Gasteiger partial charge in [-0.2, -0.15) is 5.10 Å². The predicted octanol–water partition coefficient (Wildman–Crippen LogP) is 1.99. The minimum Gasteiger partial charge on any atom is -0.330 e. The first kappa shape index (κ1) is 14.2. The number of carbonyl (C=O) groups excluding carboxylic acids is 1. The van der Waals surface area contributed by atoms with E-state index in [-0.39, 0.29) is 23.3 Å². The molecule has 1 amide bonds. The average Bonchev–Trinajstić information content (AvgIpc) is 2.52. The van der Waals surface area contributed by atoms with Gasteiger partial charge in [0.2, 0.25) is 0 Å². The molecule has 0 aliphatic carbocycles. The molecule has 98 valence electrons. The van der Waals surface area contributed by atoms with Crippen LogP contribution in [0.3, 0.4) is 0 Å². The van der Waals surface area contributed by atoms with Crippen molar-refractivity contribution in [3.05, 3.63) is 0 Å². The highest BCUT2D eigenvalue weighted by molar-refractivity contribution is 6.10. The summed E-state index contributed by atoms with van der Waals surface area (Å²) in [7, 11) is 0. The molecule has 1 aliphatic heterocycles. The number of hydrogen-bond acceptors (Lipinski definition) is 3. The summed E-state index contributed by atoms with van der Waals surface area (Å²) in [5, 5.41) is 6.16. The molecule has 17 heavy (non-hydrogen) atoms. The summed E-state index contributed by atoms with van der Waals surface area (Å²) < 4.78 is 0. The maximum absolute atomic E-state index is 12.3. The lowest BCUT2D eigenvalue weighted by Crippen LogP contribution is -2.34. The average molecular weight is 239 g/mol. The van der Waals surface area contributed by atoms with Gasteiger partial charge < -0.3 is 5.73 Å². The van der Waals surface area contributed by atoms with Crippen molar-refractivity contribution in [2.24, 2.45) is 22.2 Å². The van der Waals surface area contributed by atoms with Crippen LogP contribution in [0, 0.1) is 11.3 Å². The van der Waals surface area contributed by atoms with E-state index in [0.29, 0.717) is 6.54 Å². The zero-order valence-electron chi connectivity index (χ0n) is 11.7. The summed E-state index contributed by atoms with van der Waals surface area (Å²) in [5.74, 6) is 0.0688. The molecule has 4 heteroatoms. The topological polar surface area (TPSA) is 58.7 Å². The van der Waals surface area contributed by atoms with Gasteiger partial charge in [0.15, 0.2) is 0 Å². The van der Waals surface area contributed by atoms with Gasteiger partial charge in [0, 0.05) is 11.5 Å². The standard InChI is InChI=1S/C13H25N3O/c1-9(2)16-12(17)10(7-6-8-14)11(15-16)13(3,4)5/h9-10H,6-8,14H2,1-5H3. The molecule has 0 fully saturated rings. The Morgan fingerprint density at radius 2 is 2.00 bits per heavy atom. The molecule has 2 N–H and O–H groups in total. The summed E-state index contributed by atoms with van der Waals surface area (Å²) >= 11 is 0. The molecule has 1 heterocycles. The van der Waals surface area contributed by atoms with Gasteiger partial charge in [-0.1, -0.05) is 20.8 Å². The molecule has 0 bridgehead atoms. The van der Waals surface area contributed by atoms with Gasteiger partial charge in [0.25, 0.3) is 5.91 Å². The Bertz CT molecular complexity index is 315. The Hall–Kier alpha value is -0.900. The quantitative estimate of drug-likeness (QED) is 0.815. The number of rotatable bonds is 4. The van der Waals surface area contributed by atoms with E-state index < -0.39 is 0 Å². The summed E-state index contributed by atoms with van der Waals surface area (Å²) in [6, 6.07) is 0.128. The molecule has 0 aromatic carbocycles. The Morgan fingerprint density at radius 3 is 2.41 bits per heavy atom. The lowest BCUT2D eigenvalue weighted by atomic mass is 9.80. The van der Waals surface area contributed by atoms with Crippen LogP contribution in [-0.2, 0) is 4.79 Å². The van der Waals surface area contributed by atoms with E-state index in [4.69, 9.17) is 5.73 Å². The second-order valence-corrected chi connectivity index (χ2v) is 6.00.